The molecule has 3 heteroatoms. The first-order valence-corrected chi connectivity index (χ1v) is 9.97. The molecule has 0 amide bonds. The Kier molecular flexibility index (Phi) is 8.47. The van der Waals surface area contributed by atoms with Crippen molar-refractivity contribution in [2.45, 2.75) is 46.1 Å². The van der Waals surface area contributed by atoms with Gasteiger partial charge < -0.3 is 9.47 Å². The Morgan fingerprint density at radius 3 is 1.66 bits per heavy atom. The van der Waals surface area contributed by atoms with E-state index in [4.69, 9.17) is 9.47 Å². The van der Waals surface area contributed by atoms with Gasteiger partial charge >= 0.3 is 6.16 Å². The van der Waals surface area contributed by atoms with Crippen LogP contribution in [0.5, 0.6) is 5.75 Å². The summed E-state index contributed by atoms with van der Waals surface area (Å²) in [5.41, 5.74) is 3.26. The Balaban J connectivity index is 0.000000218. The van der Waals surface area contributed by atoms with Gasteiger partial charge in [0, 0.05) is 0 Å². The second kappa shape index (κ2) is 11.1. The summed E-state index contributed by atoms with van der Waals surface area (Å²) in [4.78, 5) is 11.4. The van der Waals surface area contributed by atoms with E-state index < -0.39 is 11.8 Å². The molecule has 0 aliphatic rings. The van der Waals surface area contributed by atoms with Crippen molar-refractivity contribution in [3.05, 3.63) is 90.5 Å². The fourth-order valence-corrected chi connectivity index (χ4v) is 2.64. The molecule has 29 heavy (non-hydrogen) atoms. The van der Waals surface area contributed by atoms with E-state index in [1.54, 1.807) is 32.9 Å². The van der Waals surface area contributed by atoms with Crippen LogP contribution in [-0.2, 0) is 11.2 Å². The predicted molar refractivity (Wildman–Crippen MR) is 119 cm³/mol. The Morgan fingerprint density at radius 1 is 0.759 bits per heavy atom. The fraction of sp³-hybridized carbons (Fsp3) is 0.269. The molecule has 0 bridgehead atoms. The van der Waals surface area contributed by atoms with Crippen LogP contribution in [0.25, 0.3) is 11.1 Å². The number of hydrogen-bond donors (Lipinski definition) is 0. The number of aryl methyl sites for hydroxylation is 1. The van der Waals surface area contributed by atoms with Crippen molar-refractivity contribution >= 4 is 6.16 Å². The summed E-state index contributed by atoms with van der Waals surface area (Å²) < 4.78 is 10.1. The zero-order valence-corrected chi connectivity index (χ0v) is 17.7. The molecule has 3 aromatic rings. The van der Waals surface area contributed by atoms with E-state index in [0.29, 0.717) is 5.75 Å². The Labute approximate surface area is 174 Å². The summed E-state index contributed by atoms with van der Waals surface area (Å²) >= 11 is 0. The van der Waals surface area contributed by atoms with E-state index in [1.807, 2.05) is 24.3 Å². The molecule has 0 unspecified atom stereocenters. The molecular formula is C26H30O3. The van der Waals surface area contributed by atoms with E-state index >= 15 is 0 Å². The highest BCUT2D eigenvalue weighted by molar-refractivity contribution is 5.64. The number of carbonyl (C=O) groups excluding carboxylic acids is 1. The molecule has 0 aliphatic carbocycles. The molecule has 0 fully saturated rings. The lowest BCUT2D eigenvalue weighted by atomic mass is 10.1. The first kappa shape index (κ1) is 22.2. The zero-order chi connectivity index (χ0) is 21.1. The first-order chi connectivity index (χ1) is 13.9. The average molecular weight is 391 g/mol. The van der Waals surface area contributed by atoms with Gasteiger partial charge in [0.1, 0.15) is 11.4 Å². The summed E-state index contributed by atoms with van der Waals surface area (Å²) in [5, 5.41) is 0. The largest absolute Gasteiger partial charge is 0.514 e. The number of ether oxygens (including phenoxy) is 2. The van der Waals surface area contributed by atoms with Crippen LogP contribution in [0.3, 0.4) is 0 Å². The van der Waals surface area contributed by atoms with Gasteiger partial charge in [-0.05, 0) is 56.0 Å². The van der Waals surface area contributed by atoms with Gasteiger partial charge in [0.15, 0.2) is 0 Å². The molecule has 0 aromatic heterocycles. The quantitative estimate of drug-likeness (QED) is 0.346. The lowest BCUT2D eigenvalue weighted by molar-refractivity contribution is 0.0206. The molecule has 0 N–H and O–H groups in total. The Morgan fingerprint density at radius 2 is 1.24 bits per heavy atom. The third-order valence-electron chi connectivity index (χ3n) is 3.93. The third-order valence-corrected chi connectivity index (χ3v) is 3.93. The smallest absolute Gasteiger partial charge is 0.428 e. The van der Waals surface area contributed by atoms with Gasteiger partial charge in [0.25, 0.3) is 0 Å². The predicted octanol–water partition coefficient (Wildman–Crippen LogP) is 7.31. The van der Waals surface area contributed by atoms with Crippen LogP contribution in [0, 0.1) is 0 Å². The zero-order valence-electron chi connectivity index (χ0n) is 17.7. The maximum atomic E-state index is 11.4. The minimum Gasteiger partial charge on any atom is -0.428 e. The number of benzene rings is 3. The Hall–Kier alpha value is -3.07. The van der Waals surface area contributed by atoms with Gasteiger partial charge in [-0.25, -0.2) is 4.79 Å². The topological polar surface area (TPSA) is 35.5 Å². The third kappa shape index (κ3) is 8.65. The second-order valence-electron chi connectivity index (χ2n) is 7.69. The summed E-state index contributed by atoms with van der Waals surface area (Å²) in [7, 11) is 0. The van der Waals surface area contributed by atoms with Crippen LogP contribution in [-0.4, -0.2) is 11.8 Å². The number of carbonyl (C=O) groups is 1. The highest BCUT2D eigenvalue weighted by atomic mass is 16.7. The van der Waals surface area contributed by atoms with Gasteiger partial charge in [-0.3, -0.25) is 0 Å². The van der Waals surface area contributed by atoms with E-state index in [2.05, 4.69) is 55.5 Å². The van der Waals surface area contributed by atoms with Crippen molar-refractivity contribution in [1.82, 2.24) is 0 Å². The molecule has 0 saturated carbocycles. The maximum Gasteiger partial charge on any atom is 0.514 e. The molecule has 3 rings (SSSR count). The van der Waals surface area contributed by atoms with Crippen LogP contribution in [0.15, 0.2) is 84.9 Å². The standard InChI is InChI=1S/C14H20O3.C12H10/c1-5-6-11-7-9-12(10-8-11)16-13(15)17-14(2,3)4;1-3-7-11(8-4-1)12-9-5-2-6-10-12/h7-10H,5-6H2,1-4H3;1-10H. The van der Waals surface area contributed by atoms with Crippen molar-refractivity contribution in [3.8, 4) is 16.9 Å². The van der Waals surface area contributed by atoms with Crippen molar-refractivity contribution in [1.29, 1.82) is 0 Å². The van der Waals surface area contributed by atoms with E-state index in [-0.39, 0.29) is 0 Å². The van der Waals surface area contributed by atoms with Crippen LogP contribution < -0.4 is 4.74 Å². The molecule has 0 atom stereocenters. The van der Waals surface area contributed by atoms with Crippen LogP contribution in [0.2, 0.25) is 0 Å². The molecule has 0 saturated heterocycles. The SMILES string of the molecule is CCCc1ccc(OC(=O)OC(C)(C)C)cc1.c1ccc(-c2ccccc2)cc1. The fourth-order valence-electron chi connectivity index (χ4n) is 2.64. The second-order valence-corrected chi connectivity index (χ2v) is 7.69. The van der Waals surface area contributed by atoms with Crippen LogP contribution >= 0.6 is 0 Å². The molecule has 0 radical (unpaired) electrons. The van der Waals surface area contributed by atoms with Crippen molar-refractivity contribution in [2.24, 2.45) is 0 Å². The highest BCUT2D eigenvalue weighted by Gasteiger charge is 2.17. The molecular weight excluding hydrogens is 360 g/mol. The lowest BCUT2D eigenvalue weighted by Crippen LogP contribution is -2.25. The van der Waals surface area contributed by atoms with E-state index in [9.17, 15) is 4.79 Å². The number of rotatable bonds is 4. The minimum absolute atomic E-state index is 0.513. The molecule has 3 aromatic carbocycles. The summed E-state index contributed by atoms with van der Waals surface area (Å²) in [6.45, 7) is 7.54. The maximum absolute atomic E-state index is 11.4. The number of hydrogen-bond acceptors (Lipinski definition) is 3. The summed E-state index contributed by atoms with van der Waals surface area (Å²) in [6.07, 6.45) is 1.47. The van der Waals surface area contributed by atoms with Gasteiger partial charge in [-0.1, -0.05) is 86.1 Å². The van der Waals surface area contributed by atoms with Gasteiger partial charge in [-0.15, -0.1) is 0 Å². The average Bonchev–Trinajstić information content (AvgIpc) is 2.70. The van der Waals surface area contributed by atoms with Crippen molar-refractivity contribution < 1.29 is 14.3 Å². The van der Waals surface area contributed by atoms with Gasteiger partial charge in [0.05, 0.1) is 0 Å². The molecule has 0 aliphatic heterocycles. The molecule has 0 heterocycles. The summed E-state index contributed by atoms with van der Waals surface area (Å²) in [6, 6.07) is 28.3. The first-order valence-electron chi connectivity index (χ1n) is 9.97. The normalized spacial score (nSPS) is 10.5. The molecule has 3 nitrogen and oxygen atoms in total. The van der Waals surface area contributed by atoms with Crippen molar-refractivity contribution in [3.63, 3.8) is 0 Å². The van der Waals surface area contributed by atoms with E-state index in [0.717, 1.165) is 12.8 Å². The Bertz CT molecular complexity index is 810. The van der Waals surface area contributed by atoms with Crippen molar-refractivity contribution in [2.75, 3.05) is 0 Å². The highest BCUT2D eigenvalue weighted by Crippen LogP contribution is 2.17. The minimum atomic E-state index is -0.666. The monoisotopic (exact) mass is 390 g/mol. The van der Waals surface area contributed by atoms with Crippen LogP contribution in [0.1, 0.15) is 39.7 Å². The molecule has 152 valence electrons. The van der Waals surface area contributed by atoms with E-state index in [1.165, 1.54) is 16.7 Å². The van der Waals surface area contributed by atoms with Crippen LogP contribution in [0.4, 0.5) is 4.79 Å². The molecule has 0 spiro atoms. The lowest BCUT2D eigenvalue weighted by Gasteiger charge is -2.18. The van der Waals surface area contributed by atoms with Gasteiger partial charge in [0.2, 0.25) is 0 Å². The summed E-state index contributed by atoms with van der Waals surface area (Å²) in [5.74, 6) is 0.513. The van der Waals surface area contributed by atoms with Gasteiger partial charge in [-0.2, -0.15) is 0 Å².